The van der Waals surface area contributed by atoms with Crippen molar-refractivity contribution in [3.8, 4) is 0 Å². The minimum absolute atomic E-state index is 0.263. The van der Waals surface area contributed by atoms with Gasteiger partial charge in [-0.15, -0.1) is 24.0 Å². The van der Waals surface area contributed by atoms with Gasteiger partial charge in [-0.25, -0.2) is 9.78 Å². The summed E-state index contributed by atoms with van der Waals surface area (Å²) in [7, 11) is 0. The maximum atomic E-state index is 10.8. The standard InChI is InChI=1S/C10H9NO2S2/c1-2-8-11-9-6(14)3-5(10(12)13)4-7(9)15-8/h3-4,14H,2H2,1H3,(H,12,13). The average molecular weight is 239 g/mol. The molecule has 0 aliphatic rings. The zero-order chi connectivity index (χ0) is 11.0. The maximum Gasteiger partial charge on any atom is 0.335 e. The van der Waals surface area contributed by atoms with Crippen LogP contribution >= 0.6 is 24.0 Å². The molecule has 0 saturated carbocycles. The van der Waals surface area contributed by atoms with Gasteiger partial charge in [0.1, 0.15) is 0 Å². The van der Waals surface area contributed by atoms with Gasteiger partial charge in [-0.2, -0.15) is 0 Å². The fourth-order valence-electron chi connectivity index (χ4n) is 1.33. The van der Waals surface area contributed by atoms with Crippen molar-refractivity contribution in [1.29, 1.82) is 0 Å². The lowest BCUT2D eigenvalue weighted by molar-refractivity contribution is 0.0697. The summed E-state index contributed by atoms with van der Waals surface area (Å²) in [5.41, 5.74) is 1.06. The molecule has 0 unspecified atom stereocenters. The Morgan fingerprint density at radius 1 is 1.60 bits per heavy atom. The van der Waals surface area contributed by atoms with Crippen molar-refractivity contribution in [3.63, 3.8) is 0 Å². The molecule has 0 bridgehead atoms. The fourth-order valence-corrected chi connectivity index (χ4v) is 2.69. The van der Waals surface area contributed by atoms with Gasteiger partial charge in [0.2, 0.25) is 0 Å². The largest absolute Gasteiger partial charge is 0.478 e. The van der Waals surface area contributed by atoms with Crippen molar-refractivity contribution in [1.82, 2.24) is 4.98 Å². The highest BCUT2D eigenvalue weighted by molar-refractivity contribution is 7.80. The van der Waals surface area contributed by atoms with Crippen molar-refractivity contribution in [2.24, 2.45) is 0 Å². The topological polar surface area (TPSA) is 50.2 Å². The molecule has 0 atom stereocenters. The maximum absolute atomic E-state index is 10.8. The number of hydrogen-bond acceptors (Lipinski definition) is 4. The molecule has 0 fully saturated rings. The Labute approximate surface area is 96.2 Å². The first kappa shape index (κ1) is 10.4. The quantitative estimate of drug-likeness (QED) is 0.792. The van der Waals surface area contributed by atoms with Crippen LogP contribution in [0, 0.1) is 0 Å². The van der Waals surface area contributed by atoms with Crippen molar-refractivity contribution >= 4 is 40.2 Å². The number of thiazole rings is 1. The molecular formula is C10H9NO2S2. The molecule has 78 valence electrons. The van der Waals surface area contributed by atoms with Gasteiger partial charge >= 0.3 is 5.97 Å². The molecule has 2 rings (SSSR count). The number of nitrogens with zero attached hydrogens (tertiary/aromatic N) is 1. The van der Waals surface area contributed by atoms with E-state index < -0.39 is 5.97 Å². The van der Waals surface area contributed by atoms with E-state index in [1.807, 2.05) is 6.92 Å². The third-order valence-electron chi connectivity index (χ3n) is 2.07. The molecule has 1 N–H and O–H groups in total. The zero-order valence-corrected chi connectivity index (χ0v) is 9.73. The minimum Gasteiger partial charge on any atom is -0.478 e. The summed E-state index contributed by atoms with van der Waals surface area (Å²) >= 11 is 5.77. The number of hydrogen-bond donors (Lipinski definition) is 2. The van der Waals surface area contributed by atoms with E-state index in [2.05, 4.69) is 17.6 Å². The first-order valence-electron chi connectivity index (χ1n) is 4.47. The van der Waals surface area contributed by atoms with Crippen molar-refractivity contribution in [3.05, 3.63) is 22.7 Å². The number of carbonyl (C=O) groups is 1. The van der Waals surface area contributed by atoms with E-state index in [4.69, 9.17) is 5.11 Å². The Balaban J connectivity index is 2.70. The summed E-state index contributed by atoms with van der Waals surface area (Å²) in [6, 6.07) is 3.18. The van der Waals surface area contributed by atoms with Crippen LogP contribution in [0.2, 0.25) is 0 Å². The van der Waals surface area contributed by atoms with E-state index in [9.17, 15) is 4.79 Å². The van der Waals surface area contributed by atoms with Crippen LogP contribution < -0.4 is 0 Å². The number of carboxylic acids is 1. The van der Waals surface area contributed by atoms with Gasteiger partial charge in [0.25, 0.3) is 0 Å². The third-order valence-corrected chi connectivity index (χ3v) is 3.56. The predicted octanol–water partition coefficient (Wildman–Crippen LogP) is 2.85. The molecule has 0 amide bonds. The summed E-state index contributed by atoms with van der Waals surface area (Å²) in [5, 5.41) is 9.89. The predicted molar refractivity (Wildman–Crippen MR) is 63.2 cm³/mol. The van der Waals surface area contributed by atoms with E-state index in [-0.39, 0.29) is 5.56 Å². The van der Waals surface area contributed by atoms with Gasteiger partial charge in [-0.3, -0.25) is 0 Å². The zero-order valence-electron chi connectivity index (χ0n) is 8.02. The highest BCUT2D eigenvalue weighted by atomic mass is 32.1. The van der Waals surface area contributed by atoms with Crippen LogP contribution in [-0.2, 0) is 6.42 Å². The Kier molecular flexibility index (Phi) is 2.67. The van der Waals surface area contributed by atoms with Crippen molar-refractivity contribution < 1.29 is 9.90 Å². The third kappa shape index (κ3) is 1.85. The van der Waals surface area contributed by atoms with Gasteiger partial charge < -0.3 is 5.11 Å². The first-order chi connectivity index (χ1) is 7.11. The molecular weight excluding hydrogens is 230 g/mol. The van der Waals surface area contributed by atoms with Crippen LogP contribution in [-0.4, -0.2) is 16.1 Å². The second-order valence-corrected chi connectivity index (χ2v) is 4.71. The van der Waals surface area contributed by atoms with Crippen molar-refractivity contribution in [2.45, 2.75) is 18.2 Å². The number of fused-ring (bicyclic) bond motifs is 1. The summed E-state index contributed by atoms with van der Waals surface area (Å²) in [4.78, 5) is 15.8. The minimum atomic E-state index is -0.932. The lowest BCUT2D eigenvalue weighted by atomic mass is 10.2. The summed E-state index contributed by atoms with van der Waals surface area (Å²) in [6.45, 7) is 2.02. The van der Waals surface area contributed by atoms with Gasteiger partial charge in [0.05, 0.1) is 20.8 Å². The molecule has 3 nitrogen and oxygen atoms in total. The van der Waals surface area contributed by atoms with E-state index in [1.165, 1.54) is 17.4 Å². The van der Waals surface area contributed by atoms with Crippen LogP contribution in [0.5, 0.6) is 0 Å². The molecule has 1 heterocycles. The van der Waals surface area contributed by atoms with E-state index >= 15 is 0 Å². The number of thiol groups is 1. The smallest absolute Gasteiger partial charge is 0.335 e. The van der Waals surface area contributed by atoms with Crippen LogP contribution in [0.4, 0.5) is 0 Å². The second kappa shape index (κ2) is 3.83. The molecule has 15 heavy (non-hydrogen) atoms. The van der Waals surface area contributed by atoms with E-state index in [0.29, 0.717) is 4.90 Å². The summed E-state index contributed by atoms with van der Waals surface area (Å²) in [6.07, 6.45) is 0.856. The monoisotopic (exact) mass is 239 g/mol. The Morgan fingerprint density at radius 3 is 2.93 bits per heavy atom. The summed E-state index contributed by atoms with van der Waals surface area (Å²) < 4.78 is 0.886. The molecule has 5 heteroatoms. The Bertz CT molecular complexity index is 533. The van der Waals surface area contributed by atoms with E-state index in [1.54, 1.807) is 6.07 Å². The first-order valence-corrected chi connectivity index (χ1v) is 5.74. The number of benzene rings is 1. The van der Waals surface area contributed by atoms with E-state index in [0.717, 1.165) is 21.6 Å². The number of aromatic nitrogens is 1. The van der Waals surface area contributed by atoms with Crippen LogP contribution in [0.3, 0.4) is 0 Å². The van der Waals surface area contributed by atoms with Gasteiger partial charge in [0, 0.05) is 4.90 Å². The lowest BCUT2D eigenvalue weighted by Crippen LogP contribution is -1.95. The lowest BCUT2D eigenvalue weighted by Gasteiger charge is -1.96. The highest BCUT2D eigenvalue weighted by Gasteiger charge is 2.10. The van der Waals surface area contributed by atoms with Crippen molar-refractivity contribution in [2.75, 3.05) is 0 Å². The fraction of sp³-hybridized carbons (Fsp3) is 0.200. The Morgan fingerprint density at radius 2 is 2.33 bits per heavy atom. The van der Waals surface area contributed by atoms with Crippen LogP contribution in [0.15, 0.2) is 17.0 Å². The number of carboxylic acid groups (broad SMARTS) is 1. The van der Waals surface area contributed by atoms with Gasteiger partial charge in [0.15, 0.2) is 0 Å². The molecule has 2 aromatic rings. The molecule has 0 aliphatic carbocycles. The molecule has 0 aliphatic heterocycles. The second-order valence-electron chi connectivity index (χ2n) is 3.11. The number of aromatic carboxylic acids is 1. The van der Waals surface area contributed by atoms with Crippen LogP contribution in [0.25, 0.3) is 10.2 Å². The van der Waals surface area contributed by atoms with Crippen LogP contribution in [0.1, 0.15) is 22.3 Å². The Hall–Kier alpha value is -1.07. The highest BCUT2D eigenvalue weighted by Crippen LogP contribution is 2.28. The van der Waals surface area contributed by atoms with Gasteiger partial charge in [-0.05, 0) is 18.6 Å². The van der Waals surface area contributed by atoms with Gasteiger partial charge in [-0.1, -0.05) is 6.92 Å². The normalized spacial score (nSPS) is 10.8. The molecule has 0 spiro atoms. The molecule has 0 saturated heterocycles. The molecule has 0 radical (unpaired) electrons. The molecule has 1 aromatic heterocycles. The SMILES string of the molecule is CCc1nc2c(S)cc(C(=O)O)cc2s1. The summed E-state index contributed by atoms with van der Waals surface area (Å²) in [5.74, 6) is -0.932. The number of rotatable bonds is 2. The molecule has 1 aromatic carbocycles. The average Bonchev–Trinajstić information content (AvgIpc) is 2.61. The number of aryl methyl sites for hydroxylation is 1.